The van der Waals surface area contributed by atoms with E-state index in [4.69, 9.17) is 4.74 Å². The van der Waals surface area contributed by atoms with Crippen molar-refractivity contribution in [2.45, 2.75) is 63.1 Å². The summed E-state index contributed by atoms with van der Waals surface area (Å²) in [6, 6.07) is 2.75. The number of nitrogens with zero attached hydrogens (tertiary/aromatic N) is 1. The van der Waals surface area contributed by atoms with E-state index in [1.165, 1.54) is 11.1 Å². The van der Waals surface area contributed by atoms with Crippen LogP contribution in [-0.2, 0) is 11.3 Å². The van der Waals surface area contributed by atoms with Gasteiger partial charge in [-0.1, -0.05) is 31.7 Å². The Morgan fingerprint density at radius 3 is 2.89 bits per heavy atom. The van der Waals surface area contributed by atoms with E-state index in [-0.39, 0.29) is 0 Å². The Morgan fingerprint density at radius 1 is 1.53 bits per heavy atom. The van der Waals surface area contributed by atoms with E-state index in [2.05, 4.69) is 44.1 Å². The Labute approximate surface area is 120 Å². The van der Waals surface area contributed by atoms with Gasteiger partial charge in [-0.3, -0.25) is 0 Å². The van der Waals surface area contributed by atoms with Crippen LogP contribution in [-0.4, -0.2) is 29.0 Å². The molecule has 1 aliphatic heterocycles. The summed E-state index contributed by atoms with van der Waals surface area (Å²) < 4.78 is 5.61. The monoisotopic (exact) mass is 280 g/mol. The molecule has 19 heavy (non-hydrogen) atoms. The van der Waals surface area contributed by atoms with Gasteiger partial charge >= 0.3 is 0 Å². The molecule has 1 N–H and O–H groups in total. The van der Waals surface area contributed by atoms with Crippen molar-refractivity contribution < 1.29 is 4.74 Å². The number of aryl methyl sites for hydroxylation is 1. The largest absolute Gasteiger partial charge is 0.377 e. The quantitative estimate of drug-likeness (QED) is 0.898. The highest BCUT2D eigenvalue weighted by atomic mass is 32.2. The first kappa shape index (κ1) is 14.8. The minimum absolute atomic E-state index is 0.341. The standard InChI is InChI=1S/C15H24N2OS/c1-10(2)16-8-13-7-11(3)15(17-9-13)19-14-5-6-18-12(14)4/h7,9-10,12,14,16H,5-6,8H2,1-4H3. The zero-order valence-electron chi connectivity index (χ0n) is 12.3. The molecule has 1 saturated heterocycles. The van der Waals surface area contributed by atoms with Gasteiger partial charge in [0.2, 0.25) is 0 Å². The van der Waals surface area contributed by atoms with Gasteiger partial charge in [0, 0.05) is 30.6 Å². The number of hydrogen-bond donors (Lipinski definition) is 1. The number of rotatable bonds is 5. The molecule has 0 bridgehead atoms. The van der Waals surface area contributed by atoms with Gasteiger partial charge in [-0.15, -0.1) is 0 Å². The second kappa shape index (κ2) is 6.73. The van der Waals surface area contributed by atoms with E-state index in [1.54, 1.807) is 0 Å². The minimum atomic E-state index is 0.341. The first-order chi connectivity index (χ1) is 9.06. The second-order valence-electron chi connectivity index (χ2n) is 5.52. The third-order valence-electron chi connectivity index (χ3n) is 3.37. The molecule has 3 nitrogen and oxygen atoms in total. The Kier molecular flexibility index (Phi) is 5.25. The topological polar surface area (TPSA) is 34.2 Å². The van der Waals surface area contributed by atoms with Crippen molar-refractivity contribution >= 4 is 11.8 Å². The molecule has 2 rings (SSSR count). The van der Waals surface area contributed by atoms with E-state index in [9.17, 15) is 0 Å². The molecule has 0 amide bonds. The van der Waals surface area contributed by atoms with E-state index >= 15 is 0 Å². The highest BCUT2D eigenvalue weighted by Gasteiger charge is 2.26. The lowest BCUT2D eigenvalue weighted by atomic mass is 10.2. The third-order valence-corrected chi connectivity index (χ3v) is 4.94. The SMILES string of the molecule is Cc1cc(CNC(C)C)cnc1SC1CCOC1C. The zero-order chi connectivity index (χ0) is 13.8. The molecule has 0 aromatic carbocycles. The molecule has 1 aromatic rings. The lowest BCUT2D eigenvalue weighted by Gasteiger charge is -2.15. The van der Waals surface area contributed by atoms with Crippen molar-refractivity contribution in [2.24, 2.45) is 0 Å². The van der Waals surface area contributed by atoms with Crippen molar-refractivity contribution in [1.29, 1.82) is 0 Å². The number of hydrogen-bond acceptors (Lipinski definition) is 4. The van der Waals surface area contributed by atoms with Crippen molar-refractivity contribution in [3.05, 3.63) is 23.4 Å². The van der Waals surface area contributed by atoms with E-state index in [0.29, 0.717) is 17.4 Å². The number of aromatic nitrogens is 1. The molecule has 1 aliphatic rings. The third kappa shape index (κ3) is 4.20. The van der Waals surface area contributed by atoms with Crippen LogP contribution in [0.1, 0.15) is 38.3 Å². The normalized spacial score (nSPS) is 23.2. The van der Waals surface area contributed by atoms with E-state index in [1.807, 2.05) is 18.0 Å². The molecular weight excluding hydrogens is 256 g/mol. The summed E-state index contributed by atoms with van der Waals surface area (Å²) in [6.07, 6.45) is 3.46. The minimum Gasteiger partial charge on any atom is -0.377 e. The van der Waals surface area contributed by atoms with Crippen LogP contribution in [0.4, 0.5) is 0 Å². The van der Waals surface area contributed by atoms with Crippen molar-refractivity contribution in [2.75, 3.05) is 6.61 Å². The number of thioether (sulfide) groups is 1. The van der Waals surface area contributed by atoms with Crippen LogP contribution in [0.2, 0.25) is 0 Å². The molecule has 2 heterocycles. The molecule has 2 unspecified atom stereocenters. The molecule has 0 spiro atoms. The maximum Gasteiger partial charge on any atom is 0.0992 e. The van der Waals surface area contributed by atoms with Crippen LogP contribution in [0.3, 0.4) is 0 Å². The van der Waals surface area contributed by atoms with Gasteiger partial charge in [-0.2, -0.15) is 0 Å². The molecule has 4 heteroatoms. The Morgan fingerprint density at radius 2 is 2.32 bits per heavy atom. The Hall–Kier alpha value is -0.580. The van der Waals surface area contributed by atoms with Crippen molar-refractivity contribution in [1.82, 2.24) is 10.3 Å². The maximum atomic E-state index is 5.61. The fourth-order valence-electron chi connectivity index (χ4n) is 2.17. The smallest absolute Gasteiger partial charge is 0.0992 e. The molecule has 2 atom stereocenters. The van der Waals surface area contributed by atoms with Gasteiger partial charge < -0.3 is 10.1 Å². The predicted octanol–water partition coefficient (Wildman–Crippen LogP) is 3.16. The Bertz CT molecular complexity index is 423. The highest BCUT2D eigenvalue weighted by molar-refractivity contribution is 8.00. The Balaban J connectivity index is 1.98. The van der Waals surface area contributed by atoms with Gasteiger partial charge in [0.05, 0.1) is 11.1 Å². The average molecular weight is 280 g/mol. The van der Waals surface area contributed by atoms with E-state index in [0.717, 1.165) is 24.6 Å². The van der Waals surface area contributed by atoms with Gasteiger partial charge in [0.25, 0.3) is 0 Å². The average Bonchev–Trinajstić information content (AvgIpc) is 2.75. The van der Waals surface area contributed by atoms with Crippen molar-refractivity contribution in [3.63, 3.8) is 0 Å². The molecule has 0 aliphatic carbocycles. The van der Waals surface area contributed by atoms with Gasteiger partial charge in [0.1, 0.15) is 0 Å². The number of nitrogens with one attached hydrogen (secondary N) is 1. The van der Waals surface area contributed by atoms with Crippen molar-refractivity contribution in [3.8, 4) is 0 Å². The summed E-state index contributed by atoms with van der Waals surface area (Å²) in [4.78, 5) is 4.62. The van der Waals surface area contributed by atoms with Crippen LogP contribution in [0.5, 0.6) is 0 Å². The molecule has 106 valence electrons. The molecule has 0 saturated carbocycles. The predicted molar refractivity (Wildman–Crippen MR) is 80.6 cm³/mol. The molecule has 1 aromatic heterocycles. The number of pyridine rings is 1. The van der Waals surface area contributed by atoms with E-state index < -0.39 is 0 Å². The lowest BCUT2D eigenvalue weighted by Crippen LogP contribution is -2.22. The summed E-state index contributed by atoms with van der Waals surface area (Å²) in [5.74, 6) is 0. The summed E-state index contributed by atoms with van der Waals surface area (Å²) in [5.41, 5.74) is 2.53. The summed E-state index contributed by atoms with van der Waals surface area (Å²) in [6.45, 7) is 10.4. The van der Waals surface area contributed by atoms with Gasteiger partial charge in [0.15, 0.2) is 0 Å². The lowest BCUT2D eigenvalue weighted by molar-refractivity contribution is 0.127. The molecule has 1 fully saturated rings. The fourth-order valence-corrected chi connectivity index (χ4v) is 3.30. The second-order valence-corrected chi connectivity index (χ2v) is 6.75. The van der Waals surface area contributed by atoms with Crippen LogP contribution in [0.15, 0.2) is 17.3 Å². The van der Waals surface area contributed by atoms with Crippen LogP contribution < -0.4 is 5.32 Å². The summed E-state index contributed by atoms with van der Waals surface area (Å²) >= 11 is 1.86. The van der Waals surface area contributed by atoms with Gasteiger partial charge in [-0.05, 0) is 31.4 Å². The highest BCUT2D eigenvalue weighted by Crippen LogP contribution is 2.33. The van der Waals surface area contributed by atoms with Crippen LogP contribution in [0.25, 0.3) is 0 Å². The first-order valence-corrected chi connectivity index (χ1v) is 7.91. The van der Waals surface area contributed by atoms with Gasteiger partial charge in [-0.25, -0.2) is 4.98 Å². The summed E-state index contributed by atoms with van der Waals surface area (Å²) in [7, 11) is 0. The molecule has 0 radical (unpaired) electrons. The zero-order valence-corrected chi connectivity index (χ0v) is 13.1. The number of ether oxygens (including phenoxy) is 1. The first-order valence-electron chi connectivity index (χ1n) is 7.03. The maximum absolute atomic E-state index is 5.61. The molecular formula is C15H24N2OS. The summed E-state index contributed by atoms with van der Waals surface area (Å²) in [5, 5.41) is 5.12. The van der Waals surface area contributed by atoms with Crippen LogP contribution in [0, 0.1) is 6.92 Å². The van der Waals surface area contributed by atoms with Crippen LogP contribution >= 0.6 is 11.8 Å². The fraction of sp³-hybridized carbons (Fsp3) is 0.667.